The van der Waals surface area contributed by atoms with Crippen molar-refractivity contribution in [2.75, 3.05) is 6.61 Å². The Balaban J connectivity index is 2.52. The van der Waals surface area contributed by atoms with Crippen molar-refractivity contribution in [1.82, 2.24) is 9.78 Å². The number of hydrogen-bond acceptors (Lipinski definition) is 4. The molecule has 0 saturated carbocycles. The van der Waals surface area contributed by atoms with Crippen LogP contribution < -0.4 is 0 Å². The third kappa shape index (κ3) is 4.36. The number of aliphatic hydroxyl groups excluding tert-OH is 1. The van der Waals surface area contributed by atoms with E-state index in [1.54, 1.807) is 6.92 Å². The number of ether oxygens (including phenoxy) is 1. The molecule has 0 bridgehead atoms. The second-order valence-electron chi connectivity index (χ2n) is 3.61. The molecular formula is C10H13F3N2O3. The first kappa shape index (κ1) is 14.5. The lowest BCUT2D eigenvalue weighted by Gasteiger charge is -2.09. The Morgan fingerprint density at radius 3 is 2.78 bits per heavy atom. The largest absolute Gasteiger partial charge is 0.466 e. The minimum Gasteiger partial charge on any atom is -0.466 e. The lowest BCUT2D eigenvalue weighted by atomic mass is 10.2. The summed E-state index contributed by atoms with van der Waals surface area (Å²) < 4.78 is 42.3. The molecule has 0 fully saturated rings. The van der Waals surface area contributed by atoms with Gasteiger partial charge in [-0.15, -0.1) is 0 Å². The van der Waals surface area contributed by atoms with E-state index in [0.717, 1.165) is 10.9 Å². The maximum absolute atomic E-state index is 12.3. The number of carbonyl (C=O) groups is 1. The zero-order valence-corrected chi connectivity index (χ0v) is 9.65. The van der Waals surface area contributed by atoms with Crippen LogP contribution in [0.4, 0.5) is 13.2 Å². The fraction of sp³-hybridized carbons (Fsp3) is 0.600. The quantitative estimate of drug-likeness (QED) is 0.814. The Bertz CT molecular complexity index is 403. The second kappa shape index (κ2) is 5.85. The van der Waals surface area contributed by atoms with Gasteiger partial charge in [0.15, 0.2) is 0 Å². The number of alkyl halides is 3. The van der Waals surface area contributed by atoms with Crippen LogP contribution >= 0.6 is 0 Å². The molecule has 1 rings (SSSR count). The van der Waals surface area contributed by atoms with Crippen LogP contribution in [0.2, 0.25) is 0 Å². The molecule has 18 heavy (non-hydrogen) atoms. The van der Waals surface area contributed by atoms with Gasteiger partial charge in [0.1, 0.15) is 0 Å². The summed E-state index contributed by atoms with van der Waals surface area (Å²) in [6, 6.07) is 0. The van der Waals surface area contributed by atoms with E-state index in [4.69, 9.17) is 0 Å². The van der Waals surface area contributed by atoms with Gasteiger partial charge >= 0.3 is 12.1 Å². The molecule has 0 aliphatic carbocycles. The highest BCUT2D eigenvalue weighted by Crippen LogP contribution is 2.28. The molecule has 5 nitrogen and oxygen atoms in total. The summed E-state index contributed by atoms with van der Waals surface area (Å²) in [6.07, 6.45) is -4.45. The molecule has 0 aliphatic heterocycles. The molecule has 0 radical (unpaired) electrons. The van der Waals surface area contributed by atoms with E-state index in [9.17, 15) is 23.1 Å². The van der Waals surface area contributed by atoms with Gasteiger partial charge in [0.25, 0.3) is 0 Å². The average Bonchev–Trinajstić information content (AvgIpc) is 2.65. The Morgan fingerprint density at radius 2 is 2.28 bits per heavy atom. The zero-order chi connectivity index (χ0) is 13.8. The second-order valence-corrected chi connectivity index (χ2v) is 3.61. The number of halogens is 3. The minimum absolute atomic E-state index is 0.186. The summed E-state index contributed by atoms with van der Waals surface area (Å²) >= 11 is 0. The van der Waals surface area contributed by atoms with Crippen LogP contribution in [-0.4, -0.2) is 33.6 Å². The van der Waals surface area contributed by atoms with Gasteiger partial charge in [-0.2, -0.15) is 18.3 Å². The summed E-state index contributed by atoms with van der Waals surface area (Å²) in [5.41, 5.74) is -0.897. The maximum atomic E-state index is 12.3. The lowest BCUT2D eigenvalue weighted by Crippen LogP contribution is -2.21. The molecule has 1 atom stereocenters. The summed E-state index contributed by atoms with van der Waals surface area (Å²) in [5, 5.41) is 12.9. The third-order valence-corrected chi connectivity index (χ3v) is 2.07. The summed E-state index contributed by atoms with van der Waals surface area (Å²) in [5.74, 6) is -0.604. The third-order valence-electron chi connectivity index (χ3n) is 2.07. The predicted octanol–water partition coefficient (Wildman–Crippen LogP) is 1.22. The number of rotatable bonds is 5. The maximum Gasteiger partial charge on any atom is 0.419 e. The molecule has 102 valence electrons. The van der Waals surface area contributed by atoms with Crippen LogP contribution in [0, 0.1) is 0 Å². The molecule has 0 aliphatic rings. The van der Waals surface area contributed by atoms with Gasteiger partial charge in [0.2, 0.25) is 0 Å². The standard InChI is InChI=1S/C10H13F3N2O3/c1-2-18-9(17)3-8(16)6-15-5-7(4-14-15)10(11,12)13/h4-5,8,16H,2-3,6H2,1H3. The van der Waals surface area contributed by atoms with Crippen LogP contribution in [0.25, 0.3) is 0 Å². The molecule has 0 saturated heterocycles. The number of esters is 1. The zero-order valence-electron chi connectivity index (χ0n) is 9.65. The topological polar surface area (TPSA) is 64.3 Å². The summed E-state index contributed by atoms with van der Waals surface area (Å²) in [4.78, 5) is 11.0. The van der Waals surface area contributed by atoms with E-state index in [2.05, 4.69) is 9.84 Å². The van der Waals surface area contributed by atoms with Crippen molar-refractivity contribution in [2.45, 2.75) is 32.2 Å². The Kier molecular flexibility index (Phi) is 4.71. The van der Waals surface area contributed by atoms with Crippen molar-refractivity contribution in [1.29, 1.82) is 0 Å². The van der Waals surface area contributed by atoms with Crippen LogP contribution in [0.5, 0.6) is 0 Å². The Labute approximate surface area is 101 Å². The van der Waals surface area contributed by atoms with Crippen molar-refractivity contribution in [3.63, 3.8) is 0 Å². The van der Waals surface area contributed by atoms with Crippen molar-refractivity contribution >= 4 is 5.97 Å². The predicted molar refractivity (Wildman–Crippen MR) is 54.5 cm³/mol. The lowest BCUT2D eigenvalue weighted by molar-refractivity contribution is -0.145. The van der Waals surface area contributed by atoms with Gasteiger partial charge in [-0.1, -0.05) is 0 Å². The molecule has 1 N–H and O–H groups in total. The molecule has 8 heteroatoms. The smallest absolute Gasteiger partial charge is 0.419 e. The van der Waals surface area contributed by atoms with Crippen LogP contribution in [-0.2, 0) is 22.3 Å². The Morgan fingerprint density at radius 1 is 1.61 bits per heavy atom. The first-order chi connectivity index (χ1) is 8.32. The van der Waals surface area contributed by atoms with E-state index in [1.165, 1.54) is 0 Å². The van der Waals surface area contributed by atoms with E-state index in [-0.39, 0.29) is 19.6 Å². The molecule has 1 aromatic heterocycles. The van der Waals surface area contributed by atoms with E-state index < -0.39 is 23.8 Å². The number of carbonyl (C=O) groups excluding carboxylic acids is 1. The molecule has 1 aromatic rings. The minimum atomic E-state index is -4.47. The molecule has 0 spiro atoms. The first-order valence-corrected chi connectivity index (χ1v) is 5.26. The highest BCUT2D eigenvalue weighted by atomic mass is 19.4. The van der Waals surface area contributed by atoms with Gasteiger partial charge in [0, 0.05) is 6.20 Å². The number of hydrogen-bond donors (Lipinski definition) is 1. The monoisotopic (exact) mass is 266 g/mol. The van der Waals surface area contributed by atoms with Crippen molar-refractivity contribution in [3.8, 4) is 0 Å². The van der Waals surface area contributed by atoms with Gasteiger partial charge in [-0.3, -0.25) is 9.48 Å². The van der Waals surface area contributed by atoms with Crippen LogP contribution in [0.1, 0.15) is 18.9 Å². The molecule has 1 heterocycles. The fourth-order valence-corrected chi connectivity index (χ4v) is 1.30. The summed E-state index contributed by atoms with van der Waals surface area (Å²) in [7, 11) is 0. The van der Waals surface area contributed by atoms with Crippen molar-refractivity contribution in [2.24, 2.45) is 0 Å². The first-order valence-electron chi connectivity index (χ1n) is 5.26. The van der Waals surface area contributed by atoms with Crippen molar-refractivity contribution in [3.05, 3.63) is 18.0 Å². The average molecular weight is 266 g/mol. The van der Waals surface area contributed by atoms with E-state index in [0.29, 0.717) is 6.20 Å². The summed E-state index contributed by atoms with van der Waals surface area (Å²) in [6.45, 7) is 1.60. The highest BCUT2D eigenvalue weighted by Gasteiger charge is 2.32. The van der Waals surface area contributed by atoms with Gasteiger partial charge in [-0.25, -0.2) is 0 Å². The number of nitrogens with zero attached hydrogens (tertiary/aromatic N) is 2. The molecule has 1 unspecified atom stereocenters. The van der Waals surface area contributed by atoms with Gasteiger partial charge in [0.05, 0.1) is 37.4 Å². The fourth-order valence-electron chi connectivity index (χ4n) is 1.30. The SMILES string of the molecule is CCOC(=O)CC(O)Cn1cc(C(F)(F)F)cn1. The number of aromatic nitrogens is 2. The molecule has 0 aromatic carbocycles. The van der Waals surface area contributed by atoms with Crippen LogP contribution in [0.3, 0.4) is 0 Å². The van der Waals surface area contributed by atoms with Crippen LogP contribution in [0.15, 0.2) is 12.4 Å². The van der Waals surface area contributed by atoms with Gasteiger partial charge in [-0.05, 0) is 6.92 Å². The van der Waals surface area contributed by atoms with E-state index in [1.807, 2.05) is 0 Å². The molecule has 0 amide bonds. The molecular weight excluding hydrogens is 253 g/mol. The van der Waals surface area contributed by atoms with Crippen molar-refractivity contribution < 1.29 is 27.8 Å². The highest BCUT2D eigenvalue weighted by molar-refractivity contribution is 5.69. The Hall–Kier alpha value is -1.57. The van der Waals surface area contributed by atoms with Gasteiger partial charge < -0.3 is 9.84 Å². The normalized spacial score (nSPS) is 13.4. The van der Waals surface area contributed by atoms with E-state index >= 15 is 0 Å². The number of aliphatic hydroxyl groups is 1.